The number of carbonyl (C=O) groups excluding carboxylic acids is 2. The average Bonchev–Trinajstić information content (AvgIpc) is 3.08. The van der Waals surface area contributed by atoms with E-state index in [1.165, 1.54) is 4.57 Å². The van der Waals surface area contributed by atoms with Crippen LogP contribution in [-0.2, 0) is 23.0 Å². The van der Waals surface area contributed by atoms with Crippen molar-refractivity contribution >= 4 is 45.6 Å². The highest BCUT2D eigenvalue weighted by molar-refractivity contribution is 7.18. The Hall–Kier alpha value is -2.51. The minimum absolute atomic E-state index is 0.0249. The third-order valence-electron chi connectivity index (χ3n) is 3.84. The molecule has 3 rings (SSSR count). The Morgan fingerprint density at radius 3 is 2.73 bits per heavy atom. The summed E-state index contributed by atoms with van der Waals surface area (Å²) in [5, 5.41) is 0.529. The summed E-state index contributed by atoms with van der Waals surface area (Å²) in [6.07, 6.45) is 0.269. The fourth-order valence-corrected chi connectivity index (χ4v) is 3.42. The van der Waals surface area contributed by atoms with E-state index in [0.29, 0.717) is 25.9 Å². The Morgan fingerprint density at radius 1 is 1.23 bits per heavy atom. The number of rotatable bonds is 6. The van der Waals surface area contributed by atoms with Gasteiger partial charge in [0.2, 0.25) is 5.78 Å². The lowest BCUT2D eigenvalue weighted by Gasteiger charge is -2.09. The van der Waals surface area contributed by atoms with Crippen LogP contribution in [0.3, 0.4) is 0 Å². The molecule has 2 heterocycles. The predicted octanol–water partition coefficient (Wildman–Crippen LogP) is 3.01. The first-order valence-electron chi connectivity index (χ1n) is 7.84. The first-order valence-corrected chi connectivity index (χ1v) is 9.04. The van der Waals surface area contributed by atoms with Crippen LogP contribution >= 0.6 is 22.9 Å². The van der Waals surface area contributed by atoms with Crippen LogP contribution in [0.2, 0.25) is 4.34 Å². The third-order valence-corrected chi connectivity index (χ3v) is 5.11. The summed E-state index contributed by atoms with van der Waals surface area (Å²) in [5.41, 5.74) is 0.424. The molecule has 0 radical (unpaired) electrons. The zero-order valence-corrected chi connectivity index (χ0v) is 15.5. The summed E-state index contributed by atoms with van der Waals surface area (Å²) in [5.74, 6) is -0.336. The first-order chi connectivity index (χ1) is 12.5. The van der Waals surface area contributed by atoms with Gasteiger partial charge in [-0.3, -0.25) is 19.0 Å². The van der Waals surface area contributed by atoms with Crippen molar-refractivity contribution in [3.8, 4) is 0 Å². The van der Waals surface area contributed by atoms with Crippen LogP contribution in [0, 0.1) is 0 Å². The number of halogens is 1. The van der Waals surface area contributed by atoms with E-state index in [2.05, 4.69) is 4.98 Å². The molecule has 1 aromatic carbocycles. The van der Waals surface area contributed by atoms with Crippen LogP contribution in [0.5, 0.6) is 0 Å². The normalized spacial score (nSPS) is 10.8. The summed E-state index contributed by atoms with van der Waals surface area (Å²) >= 11 is 6.92. The molecule has 0 aliphatic carbocycles. The van der Waals surface area contributed by atoms with Gasteiger partial charge >= 0.3 is 5.97 Å². The number of thiophene rings is 1. The number of Topliss-reactive ketones (excluding diaryl/α,β-unsaturated/α-hetero) is 1. The monoisotopic (exact) mass is 390 g/mol. The zero-order chi connectivity index (χ0) is 18.7. The molecule has 6 nitrogen and oxygen atoms in total. The Bertz CT molecular complexity index is 1040. The van der Waals surface area contributed by atoms with Crippen molar-refractivity contribution in [2.75, 3.05) is 6.61 Å². The van der Waals surface area contributed by atoms with Crippen molar-refractivity contribution in [3.63, 3.8) is 0 Å². The number of aromatic nitrogens is 2. The number of ketones is 1. The molecule has 26 heavy (non-hydrogen) atoms. The number of aryl methyl sites for hydroxylation is 1. The van der Waals surface area contributed by atoms with Crippen molar-refractivity contribution in [3.05, 3.63) is 61.8 Å². The minimum atomic E-state index is -0.525. The zero-order valence-electron chi connectivity index (χ0n) is 13.9. The summed E-state index contributed by atoms with van der Waals surface area (Å²) in [7, 11) is 1.62. The molecule has 8 heteroatoms. The quantitative estimate of drug-likeness (QED) is 0.477. The number of nitrogens with zero attached hydrogens (tertiary/aromatic N) is 2. The molecule has 0 unspecified atom stereocenters. The second kappa shape index (κ2) is 7.80. The van der Waals surface area contributed by atoms with E-state index >= 15 is 0 Å². The van der Waals surface area contributed by atoms with E-state index in [1.807, 2.05) is 0 Å². The molecule has 0 amide bonds. The van der Waals surface area contributed by atoms with Gasteiger partial charge in [0.05, 0.1) is 26.5 Å². The molecule has 0 fully saturated rings. The van der Waals surface area contributed by atoms with Crippen molar-refractivity contribution in [2.45, 2.75) is 12.8 Å². The van der Waals surface area contributed by atoms with E-state index in [1.54, 1.807) is 43.4 Å². The molecule has 0 atom stereocenters. The standard InChI is InChI=1S/C18H15ClN2O4S/c1-21-16(20-12-5-3-2-4-11(12)18(21)24)8-9-17(23)25-10-13(22)14-6-7-15(19)26-14/h2-7H,8-10H2,1H3. The van der Waals surface area contributed by atoms with Crippen LogP contribution in [0.15, 0.2) is 41.2 Å². The fourth-order valence-electron chi connectivity index (χ4n) is 2.45. The smallest absolute Gasteiger partial charge is 0.306 e. The van der Waals surface area contributed by atoms with Crippen molar-refractivity contribution in [1.29, 1.82) is 0 Å². The predicted molar refractivity (Wildman–Crippen MR) is 99.9 cm³/mol. The minimum Gasteiger partial charge on any atom is -0.457 e. The molecule has 0 aliphatic heterocycles. The van der Waals surface area contributed by atoms with E-state index in [-0.39, 0.29) is 30.8 Å². The van der Waals surface area contributed by atoms with Gasteiger partial charge in [-0.25, -0.2) is 4.98 Å². The molecule has 0 N–H and O–H groups in total. The van der Waals surface area contributed by atoms with Gasteiger partial charge in [-0.2, -0.15) is 0 Å². The van der Waals surface area contributed by atoms with Crippen LogP contribution in [-0.4, -0.2) is 27.9 Å². The lowest BCUT2D eigenvalue weighted by molar-refractivity contribution is -0.142. The highest BCUT2D eigenvalue weighted by Crippen LogP contribution is 2.21. The molecule has 0 spiro atoms. The van der Waals surface area contributed by atoms with E-state index < -0.39 is 5.97 Å². The number of ether oxygens (including phenoxy) is 1. The average molecular weight is 391 g/mol. The lowest BCUT2D eigenvalue weighted by Crippen LogP contribution is -2.23. The number of hydrogen-bond acceptors (Lipinski definition) is 6. The van der Waals surface area contributed by atoms with Gasteiger partial charge in [-0.05, 0) is 24.3 Å². The molecule has 0 aliphatic rings. The summed E-state index contributed by atoms with van der Waals surface area (Å²) < 4.78 is 6.93. The van der Waals surface area contributed by atoms with Crippen LogP contribution in [0.1, 0.15) is 21.9 Å². The van der Waals surface area contributed by atoms with E-state index in [0.717, 1.165) is 11.3 Å². The number of esters is 1. The van der Waals surface area contributed by atoms with Gasteiger partial charge in [-0.1, -0.05) is 23.7 Å². The van der Waals surface area contributed by atoms with Crippen LogP contribution in [0.25, 0.3) is 10.9 Å². The maximum Gasteiger partial charge on any atom is 0.306 e. The number of hydrogen-bond donors (Lipinski definition) is 0. The topological polar surface area (TPSA) is 78.3 Å². The molecule has 0 saturated heterocycles. The molecular formula is C18H15ClN2O4S. The Labute approximate surface area is 158 Å². The Morgan fingerprint density at radius 2 is 2.00 bits per heavy atom. The summed E-state index contributed by atoms with van der Waals surface area (Å²) in [6.45, 7) is -0.334. The van der Waals surface area contributed by atoms with E-state index in [4.69, 9.17) is 16.3 Å². The van der Waals surface area contributed by atoms with Crippen molar-refractivity contribution < 1.29 is 14.3 Å². The molecule has 0 bridgehead atoms. The lowest BCUT2D eigenvalue weighted by atomic mass is 10.2. The number of benzene rings is 1. The van der Waals surface area contributed by atoms with Crippen molar-refractivity contribution in [2.24, 2.45) is 7.05 Å². The molecule has 3 aromatic rings. The van der Waals surface area contributed by atoms with Gasteiger partial charge in [0.1, 0.15) is 5.82 Å². The molecule has 134 valence electrons. The Kier molecular flexibility index (Phi) is 5.49. The highest BCUT2D eigenvalue weighted by Gasteiger charge is 2.14. The summed E-state index contributed by atoms with van der Waals surface area (Å²) in [6, 6.07) is 10.3. The number of carbonyl (C=O) groups is 2. The number of fused-ring (bicyclic) bond motifs is 1. The molecular weight excluding hydrogens is 376 g/mol. The van der Waals surface area contributed by atoms with Gasteiger partial charge in [-0.15, -0.1) is 11.3 Å². The third kappa shape index (κ3) is 4.00. The summed E-state index contributed by atoms with van der Waals surface area (Å²) in [4.78, 5) is 41.0. The van der Waals surface area contributed by atoms with E-state index in [9.17, 15) is 14.4 Å². The Balaban J connectivity index is 1.61. The second-order valence-corrected chi connectivity index (χ2v) is 7.31. The van der Waals surface area contributed by atoms with Gasteiger partial charge in [0.25, 0.3) is 5.56 Å². The van der Waals surface area contributed by atoms with Crippen LogP contribution in [0.4, 0.5) is 0 Å². The maximum absolute atomic E-state index is 12.3. The van der Waals surface area contributed by atoms with Gasteiger partial charge in [0, 0.05) is 13.5 Å². The maximum atomic E-state index is 12.3. The molecule has 0 saturated carbocycles. The SMILES string of the molecule is Cn1c(CCC(=O)OCC(=O)c2ccc(Cl)s2)nc2ccccc2c1=O. The fraction of sp³-hybridized carbons (Fsp3) is 0.222. The highest BCUT2D eigenvalue weighted by atomic mass is 35.5. The largest absolute Gasteiger partial charge is 0.457 e. The molecule has 2 aromatic heterocycles. The second-order valence-electron chi connectivity index (χ2n) is 5.60. The van der Waals surface area contributed by atoms with Gasteiger partial charge in [0.15, 0.2) is 6.61 Å². The van der Waals surface area contributed by atoms with Gasteiger partial charge < -0.3 is 4.74 Å². The number of para-hydroxylation sites is 1. The van der Waals surface area contributed by atoms with Crippen molar-refractivity contribution in [1.82, 2.24) is 9.55 Å². The first kappa shape index (κ1) is 18.3. The van der Waals surface area contributed by atoms with Crippen LogP contribution < -0.4 is 5.56 Å².